The maximum absolute atomic E-state index is 13.4. The van der Waals surface area contributed by atoms with Crippen molar-refractivity contribution >= 4 is 49.8 Å². The second kappa shape index (κ2) is 10.9. The summed E-state index contributed by atoms with van der Waals surface area (Å²) in [4.78, 5) is 12.5. The maximum atomic E-state index is 13.4. The highest BCUT2D eigenvalue weighted by molar-refractivity contribution is 9.10. The molecule has 198 valence electrons. The first-order valence-electron chi connectivity index (χ1n) is 12.1. The first-order valence-corrected chi connectivity index (χ1v) is 13.9. The molecule has 1 fully saturated rings. The molecule has 1 unspecified atom stereocenters. The van der Waals surface area contributed by atoms with E-state index in [1.54, 1.807) is 25.3 Å². The second-order valence-electron chi connectivity index (χ2n) is 9.27. The Hall–Kier alpha value is -3.21. The Bertz CT molecular complexity index is 1530. The lowest BCUT2D eigenvalue weighted by atomic mass is 10.0. The monoisotopic (exact) mass is 599 g/mol. The van der Waals surface area contributed by atoms with Crippen LogP contribution >= 0.6 is 15.9 Å². The van der Waals surface area contributed by atoms with E-state index in [9.17, 15) is 17.9 Å². The van der Waals surface area contributed by atoms with Gasteiger partial charge in [-0.2, -0.15) is 0 Å². The van der Waals surface area contributed by atoms with Crippen molar-refractivity contribution in [3.8, 4) is 5.75 Å². The van der Waals surface area contributed by atoms with Gasteiger partial charge < -0.3 is 23.7 Å². The largest absolute Gasteiger partial charge is 0.755 e. The Morgan fingerprint density at radius 3 is 2.58 bits per heavy atom. The van der Waals surface area contributed by atoms with Crippen molar-refractivity contribution in [2.24, 2.45) is 5.73 Å². The molecule has 0 aliphatic heterocycles. The molecule has 3 aromatic carbocycles. The zero-order valence-corrected chi connectivity index (χ0v) is 22.9. The van der Waals surface area contributed by atoms with Gasteiger partial charge in [-0.25, -0.2) is 4.39 Å². The summed E-state index contributed by atoms with van der Waals surface area (Å²) < 4.78 is 52.0. The lowest BCUT2D eigenvalue weighted by Crippen LogP contribution is -2.29. The van der Waals surface area contributed by atoms with Crippen LogP contribution in [0.3, 0.4) is 0 Å². The van der Waals surface area contributed by atoms with Crippen LogP contribution < -0.4 is 14.8 Å². The molecule has 1 heterocycles. The van der Waals surface area contributed by atoms with Crippen LogP contribution in [-0.2, 0) is 24.1 Å². The van der Waals surface area contributed by atoms with Gasteiger partial charge in [-0.3, -0.25) is 9.00 Å². The molecular weight excluding hydrogens is 575 g/mol. The van der Waals surface area contributed by atoms with Crippen LogP contribution in [0.15, 0.2) is 63.5 Å². The molecule has 0 bridgehead atoms. The van der Waals surface area contributed by atoms with Crippen LogP contribution in [0.1, 0.15) is 51.6 Å². The number of hydrogen-bond donors (Lipinski definition) is 1. The van der Waals surface area contributed by atoms with Gasteiger partial charge in [0.25, 0.3) is 5.91 Å². The van der Waals surface area contributed by atoms with Crippen molar-refractivity contribution in [2.75, 3.05) is 18.0 Å². The molecule has 0 spiro atoms. The number of primary amides is 1. The third-order valence-corrected chi connectivity index (χ3v) is 7.97. The van der Waals surface area contributed by atoms with E-state index >= 15 is 0 Å². The predicted molar refractivity (Wildman–Crippen MR) is 147 cm³/mol. The first-order chi connectivity index (χ1) is 18.2. The molecule has 5 rings (SSSR count). The molecule has 1 aliphatic rings. The molecule has 1 aromatic heterocycles. The average Bonchev–Trinajstić information content (AvgIpc) is 3.66. The Morgan fingerprint density at radius 1 is 1.21 bits per heavy atom. The number of nitrogens with two attached hydrogens (primary N) is 1. The molecule has 2 N–H and O–H groups in total. The highest BCUT2D eigenvalue weighted by atomic mass is 79.9. The van der Waals surface area contributed by atoms with Gasteiger partial charge in [-0.05, 0) is 72.2 Å². The van der Waals surface area contributed by atoms with Gasteiger partial charge >= 0.3 is 0 Å². The third-order valence-electron chi connectivity index (χ3n) is 6.73. The Morgan fingerprint density at radius 2 is 1.95 bits per heavy atom. The Labute approximate surface area is 230 Å². The maximum Gasteiger partial charge on any atom is 0.252 e. The SMILES string of the molecule is COc1cc(Br)ccc1CCN(c1cc2oc(Cc3ccc(F)cc3)c(C(N)=O)c2cc1C1CC1)S(=O)[O-]. The van der Waals surface area contributed by atoms with Gasteiger partial charge in [-0.15, -0.1) is 0 Å². The normalized spacial score (nSPS) is 14.0. The fourth-order valence-corrected chi connectivity index (χ4v) is 5.64. The zero-order valence-electron chi connectivity index (χ0n) is 20.5. The number of rotatable bonds is 10. The van der Waals surface area contributed by atoms with E-state index in [2.05, 4.69) is 15.9 Å². The van der Waals surface area contributed by atoms with Crippen molar-refractivity contribution in [3.63, 3.8) is 0 Å². The number of benzene rings is 3. The smallest absolute Gasteiger partial charge is 0.252 e. The quantitative estimate of drug-likeness (QED) is 0.233. The van der Waals surface area contributed by atoms with E-state index in [-0.39, 0.29) is 30.3 Å². The molecule has 10 heteroatoms. The summed E-state index contributed by atoms with van der Waals surface area (Å²) in [7, 11) is 1.57. The topological polar surface area (TPSA) is 109 Å². The fraction of sp³-hybridized carbons (Fsp3) is 0.250. The van der Waals surface area contributed by atoms with Crippen LogP contribution in [-0.4, -0.2) is 28.3 Å². The minimum absolute atomic E-state index is 0.179. The molecule has 1 atom stereocenters. The van der Waals surface area contributed by atoms with Crippen LogP contribution in [0.2, 0.25) is 0 Å². The molecule has 0 radical (unpaired) electrons. The number of fused-ring (bicyclic) bond motifs is 1. The zero-order chi connectivity index (χ0) is 27.0. The first kappa shape index (κ1) is 26.4. The minimum atomic E-state index is -2.56. The standard InChI is InChI=1S/C28H26BrFN2O5S/c1-36-24-13-19(29)7-6-18(24)10-11-32(38(34)35)23-15-25-22(14-21(23)17-4-5-17)27(28(31)33)26(37-25)12-16-2-8-20(30)9-3-16/h2-3,6-9,13-15,17H,4-5,10-12H2,1H3,(H2,31,33)(H,34,35)/p-1. The number of nitrogens with zero attached hydrogens (tertiary/aromatic N) is 1. The van der Waals surface area contributed by atoms with E-state index in [0.29, 0.717) is 34.6 Å². The number of anilines is 1. The summed E-state index contributed by atoms with van der Waals surface area (Å²) in [6, 6.07) is 15.0. The predicted octanol–water partition coefficient (Wildman–Crippen LogP) is 5.75. The number of amides is 1. The van der Waals surface area contributed by atoms with Gasteiger partial charge in [0.05, 0.1) is 18.4 Å². The van der Waals surface area contributed by atoms with Gasteiger partial charge in [0, 0.05) is 40.2 Å². The Balaban J connectivity index is 1.55. The van der Waals surface area contributed by atoms with Crippen molar-refractivity contribution in [2.45, 2.75) is 31.6 Å². The van der Waals surface area contributed by atoms with Gasteiger partial charge in [0.1, 0.15) is 22.9 Å². The van der Waals surface area contributed by atoms with E-state index in [1.165, 1.54) is 16.4 Å². The van der Waals surface area contributed by atoms with E-state index in [4.69, 9.17) is 14.9 Å². The summed E-state index contributed by atoms with van der Waals surface area (Å²) in [6.07, 6.45) is 2.50. The second-order valence-corrected chi connectivity index (χ2v) is 11.1. The number of halogens is 2. The number of methoxy groups -OCH3 is 1. The summed E-state index contributed by atoms with van der Waals surface area (Å²) in [5, 5.41) is 0.548. The summed E-state index contributed by atoms with van der Waals surface area (Å²) >= 11 is 0.866. The van der Waals surface area contributed by atoms with Crippen LogP contribution in [0, 0.1) is 5.82 Å². The molecule has 1 amide bonds. The van der Waals surface area contributed by atoms with Gasteiger partial charge in [-0.1, -0.05) is 34.1 Å². The minimum Gasteiger partial charge on any atom is -0.755 e. The summed E-state index contributed by atoms with van der Waals surface area (Å²) in [5.41, 5.74) is 9.35. The Kier molecular flexibility index (Phi) is 7.56. The molecular formula is C28H25BrFN2O5S-. The van der Waals surface area contributed by atoms with Crippen molar-refractivity contribution < 1.29 is 27.1 Å². The number of furan rings is 1. The van der Waals surface area contributed by atoms with Gasteiger partial charge in [0.15, 0.2) is 0 Å². The summed E-state index contributed by atoms with van der Waals surface area (Å²) in [5.74, 6) is 0.197. The fourth-order valence-electron chi connectivity index (χ4n) is 4.74. The van der Waals surface area contributed by atoms with Crippen LogP contribution in [0.4, 0.5) is 10.1 Å². The number of carbonyl (C=O) groups is 1. The van der Waals surface area contributed by atoms with Crippen molar-refractivity contribution in [1.82, 2.24) is 0 Å². The molecule has 7 nitrogen and oxygen atoms in total. The highest BCUT2D eigenvalue weighted by Gasteiger charge is 2.31. The number of carbonyl (C=O) groups excluding carboxylic acids is 1. The van der Waals surface area contributed by atoms with E-state index in [0.717, 1.165) is 34.0 Å². The van der Waals surface area contributed by atoms with Gasteiger partial charge in [0.2, 0.25) is 0 Å². The lowest BCUT2D eigenvalue weighted by Gasteiger charge is -2.29. The number of hydrogen-bond acceptors (Lipinski definition) is 5. The van der Waals surface area contributed by atoms with Crippen molar-refractivity contribution in [1.29, 1.82) is 0 Å². The van der Waals surface area contributed by atoms with Crippen LogP contribution in [0.5, 0.6) is 5.75 Å². The summed E-state index contributed by atoms with van der Waals surface area (Å²) in [6.45, 7) is 0.186. The average molecular weight is 600 g/mol. The van der Waals surface area contributed by atoms with Crippen molar-refractivity contribution in [3.05, 3.63) is 92.9 Å². The number of ether oxygens (including phenoxy) is 1. The highest BCUT2D eigenvalue weighted by Crippen LogP contribution is 2.47. The van der Waals surface area contributed by atoms with E-state index in [1.807, 2.05) is 24.3 Å². The molecule has 1 saturated carbocycles. The molecule has 0 saturated heterocycles. The van der Waals surface area contributed by atoms with E-state index < -0.39 is 17.2 Å². The van der Waals surface area contributed by atoms with Crippen LogP contribution in [0.25, 0.3) is 11.0 Å². The molecule has 1 aliphatic carbocycles. The molecule has 4 aromatic rings. The lowest BCUT2D eigenvalue weighted by molar-refractivity contribution is 0.1000. The molecule has 38 heavy (non-hydrogen) atoms. The third kappa shape index (κ3) is 5.48.